The van der Waals surface area contributed by atoms with Gasteiger partial charge in [-0.05, 0) is 54.8 Å². The largest absolute Gasteiger partial charge is 0.497 e. The van der Waals surface area contributed by atoms with Crippen LogP contribution in [0, 0.1) is 5.82 Å². The van der Waals surface area contributed by atoms with Crippen molar-refractivity contribution < 1.29 is 18.7 Å². The molecule has 7 heteroatoms. The van der Waals surface area contributed by atoms with E-state index < -0.39 is 0 Å². The van der Waals surface area contributed by atoms with Crippen LogP contribution in [0.3, 0.4) is 0 Å². The Kier molecular flexibility index (Phi) is 6.84. The number of carbonyl (C=O) groups excluding carboxylic acids is 1. The average molecular weight is 397 g/mol. The number of hydrogen-bond acceptors (Lipinski definition) is 4. The summed E-state index contributed by atoms with van der Waals surface area (Å²) in [6.07, 6.45) is 3.13. The lowest BCUT2D eigenvalue weighted by molar-refractivity contribution is 0.0944. The molecule has 0 radical (unpaired) electrons. The second-order valence-corrected chi connectivity index (χ2v) is 6.47. The fraction of sp³-hybridized carbons (Fsp3) is 0.273. The summed E-state index contributed by atoms with van der Waals surface area (Å²) in [7, 11) is 1.62. The van der Waals surface area contributed by atoms with Crippen LogP contribution in [0.1, 0.15) is 29.4 Å². The normalized spacial score (nSPS) is 10.6. The maximum absolute atomic E-state index is 13.2. The highest BCUT2D eigenvalue weighted by atomic mass is 19.1. The van der Waals surface area contributed by atoms with E-state index in [4.69, 9.17) is 9.47 Å². The van der Waals surface area contributed by atoms with Gasteiger partial charge in [-0.1, -0.05) is 19.1 Å². The second kappa shape index (κ2) is 9.73. The Balaban J connectivity index is 1.69. The van der Waals surface area contributed by atoms with Gasteiger partial charge in [0.1, 0.15) is 11.6 Å². The average Bonchev–Trinajstić information content (AvgIpc) is 3.17. The van der Waals surface area contributed by atoms with Gasteiger partial charge in [0.05, 0.1) is 25.6 Å². The maximum atomic E-state index is 13.2. The number of nitrogens with one attached hydrogen (secondary N) is 1. The molecule has 0 bridgehead atoms. The van der Waals surface area contributed by atoms with Crippen LogP contribution < -0.4 is 14.8 Å². The Morgan fingerprint density at radius 2 is 1.86 bits per heavy atom. The van der Waals surface area contributed by atoms with Crippen molar-refractivity contribution in [2.45, 2.75) is 19.8 Å². The molecule has 29 heavy (non-hydrogen) atoms. The lowest BCUT2D eigenvalue weighted by Gasteiger charge is -2.07. The number of ether oxygens (including phenoxy) is 2. The zero-order valence-corrected chi connectivity index (χ0v) is 16.5. The fourth-order valence-corrected chi connectivity index (χ4v) is 2.76. The summed E-state index contributed by atoms with van der Waals surface area (Å²) in [5.41, 5.74) is 1.94. The van der Waals surface area contributed by atoms with E-state index in [-0.39, 0.29) is 17.4 Å². The van der Waals surface area contributed by atoms with Crippen LogP contribution in [0.25, 0.3) is 5.69 Å². The van der Waals surface area contributed by atoms with Crippen LogP contribution in [-0.4, -0.2) is 35.9 Å². The molecule has 1 aromatic heterocycles. The molecule has 3 rings (SSSR count). The van der Waals surface area contributed by atoms with E-state index >= 15 is 0 Å². The first-order chi connectivity index (χ1) is 14.1. The van der Waals surface area contributed by atoms with Gasteiger partial charge in [0.15, 0.2) is 11.4 Å². The number of hydrogen-bond donors (Lipinski definition) is 1. The molecule has 0 unspecified atom stereocenters. The van der Waals surface area contributed by atoms with Gasteiger partial charge in [-0.25, -0.2) is 9.07 Å². The molecule has 1 amide bonds. The Morgan fingerprint density at radius 3 is 2.52 bits per heavy atom. The molecule has 3 aromatic rings. The number of rotatable bonds is 9. The number of nitrogens with zero attached hydrogens (tertiary/aromatic N) is 2. The van der Waals surface area contributed by atoms with Crippen LogP contribution in [-0.2, 0) is 6.42 Å². The van der Waals surface area contributed by atoms with Gasteiger partial charge in [0.2, 0.25) is 0 Å². The number of carbonyl (C=O) groups is 1. The van der Waals surface area contributed by atoms with E-state index in [1.165, 1.54) is 16.8 Å². The Bertz CT molecular complexity index is 937. The summed E-state index contributed by atoms with van der Waals surface area (Å²) in [6, 6.07) is 13.6. The van der Waals surface area contributed by atoms with Crippen LogP contribution in [0.5, 0.6) is 11.5 Å². The minimum absolute atomic E-state index is 0.206. The molecule has 0 fully saturated rings. The van der Waals surface area contributed by atoms with Crippen molar-refractivity contribution >= 4 is 5.91 Å². The Morgan fingerprint density at radius 1 is 1.14 bits per heavy atom. The van der Waals surface area contributed by atoms with Crippen LogP contribution in [0.4, 0.5) is 4.39 Å². The molecule has 2 aromatic carbocycles. The van der Waals surface area contributed by atoms with E-state index in [2.05, 4.69) is 10.4 Å². The van der Waals surface area contributed by atoms with Gasteiger partial charge in [-0.15, -0.1) is 0 Å². The first-order valence-corrected chi connectivity index (χ1v) is 9.50. The topological polar surface area (TPSA) is 65.4 Å². The molecule has 0 saturated carbocycles. The zero-order chi connectivity index (χ0) is 20.6. The highest BCUT2D eigenvalue weighted by Gasteiger charge is 2.18. The molecule has 0 aliphatic rings. The molecule has 1 N–H and O–H groups in total. The molecule has 152 valence electrons. The highest BCUT2D eigenvalue weighted by Crippen LogP contribution is 2.20. The second-order valence-electron chi connectivity index (χ2n) is 6.47. The molecule has 0 aliphatic heterocycles. The Hall–Kier alpha value is -3.35. The van der Waals surface area contributed by atoms with Crippen molar-refractivity contribution in [1.29, 1.82) is 0 Å². The summed E-state index contributed by atoms with van der Waals surface area (Å²) < 4.78 is 25.5. The minimum Gasteiger partial charge on any atom is -0.497 e. The predicted molar refractivity (Wildman–Crippen MR) is 108 cm³/mol. The van der Waals surface area contributed by atoms with Crippen molar-refractivity contribution in [2.24, 2.45) is 0 Å². The Labute approximate surface area is 169 Å². The highest BCUT2D eigenvalue weighted by molar-refractivity contribution is 5.94. The third-order valence-corrected chi connectivity index (χ3v) is 4.31. The molecule has 6 nitrogen and oxygen atoms in total. The van der Waals surface area contributed by atoms with Gasteiger partial charge in [0.25, 0.3) is 5.91 Å². The number of amides is 1. The third-order valence-electron chi connectivity index (χ3n) is 4.31. The summed E-state index contributed by atoms with van der Waals surface area (Å²) in [5.74, 6) is 0.547. The van der Waals surface area contributed by atoms with E-state index in [1.54, 1.807) is 25.4 Å². The van der Waals surface area contributed by atoms with E-state index in [1.807, 2.05) is 31.2 Å². The first-order valence-electron chi connectivity index (χ1n) is 9.50. The lowest BCUT2D eigenvalue weighted by atomic mass is 10.1. The molecule has 0 atom stereocenters. The van der Waals surface area contributed by atoms with Gasteiger partial charge in [-0.3, -0.25) is 4.79 Å². The molecular formula is C22H24FN3O3. The smallest absolute Gasteiger partial charge is 0.275 e. The van der Waals surface area contributed by atoms with Crippen LogP contribution >= 0.6 is 0 Å². The van der Waals surface area contributed by atoms with E-state index in [0.717, 1.165) is 17.7 Å². The summed E-state index contributed by atoms with van der Waals surface area (Å²) in [4.78, 5) is 12.7. The quantitative estimate of drug-likeness (QED) is 0.597. The molecular weight excluding hydrogens is 373 g/mol. The standard InChI is InChI=1S/C22H24FN3O3/c1-3-14-29-20-15-26(18-8-6-17(23)7-9-18)25-21(20)22(27)24-13-12-16-4-10-19(28-2)11-5-16/h4-11,15H,3,12-14H2,1-2H3,(H,24,27). The van der Waals surface area contributed by atoms with Crippen molar-refractivity contribution in [2.75, 3.05) is 20.3 Å². The van der Waals surface area contributed by atoms with Gasteiger partial charge >= 0.3 is 0 Å². The molecule has 0 aliphatic carbocycles. The molecule has 1 heterocycles. The van der Waals surface area contributed by atoms with E-state index in [0.29, 0.717) is 31.0 Å². The number of halogens is 1. The fourth-order valence-electron chi connectivity index (χ4n) is 2.76. The monoisotopic (exact) mass is 397 g/mol. The molecule has 0 saturated heterocycles. The summed E-state index contributed by atoms with van der Waals surface area (Å²) in [5, 5.41) is 7.23. The summed E-state index contributed by atoms with van der Waals surface area (Å²) in [6.45, 7) is 2.92. The van der Waals surface area contributed by atoms with Gasteiger partial charge < -0.3 is 14.8 Å². The molecule has 0 spiro atoms. The van der Waals surface area contributed by atoms with Crippen molar-refractivity contribution in [3.05, 3.63) is 71.8 Å². The zero-order valence-electron chi connectivity index (χ0n) is 16.5. The van der Waals surface area contributed by atoms with Gasteiger partial charge in [-0.2, -0.15) is 5.10 Å². The van der Waals surface area contributed by atoms with Crippen molar-refractivity contribution in [1.82, 2.24) is 15.1 Å². The predicted octanol–water partition coefficient (Wildman–Crippen LogP) is 3.78. The van der Waals surface area contributed by atoms with Gasteiger partial charge in [0, 0.05) is 6.54 Å². The number of methoxy groups -OCH3 is 1. The van der Waals surface area contributed by atoms with Crippen LogP contribution in [0.15, 0.2) is 54.7 Å². The van der Waals surface area contributed by atoms with Crippen LogP contribution in [0.2, 0.25) is 0 Å². The number of aromatic nitrogens is 2. The lowest BCUT2D eigenvalue weighted by Crippen LogP contribution is -2.26. The minimum atomic E-state index is -0.333. The summed E-state index contributed by atoms with van der Waals surface area (Å²) >= 11 is 0. The third kappa shape index (κ3) is 5.34. The van der Waals surface area contributed by atoms with Crippen molar-refractivity contribution in [3.63, 3.8) is 0 Å². The maximum Gasteiger partial charge on any atom is 0.275 e. The first kappa shape index (κ1) is 20.4. The van der Waals surface area contributed by atoms with E-state index in [9.17, 15) is 9.18 Å². The van der Waals surface area contributed by atoms with Crippen molar-refractivity contribution in [3.8, 4) is 17.2 Å². The number of benzene rings is 2. The SMILES string of the molecule is CCCOc1cn(-c2ccc(F)cc2)nc1C(=O)NCCc1ccc(OC)cc1.